The summed E-state index contributed by atoms with van der Waals surface area (Å²) in [5.74, 6) is 1.16. The third-order valence-electron chi connectivity index (χ3n) is 4.82. The summed E-state index contributed by atoms with van der Waals surface area (Å²) in [5.41, 5.74) is 9.11. The summed E-state index contributed by atoms with van der Waals surface area (Å²) >= 11 is 0. The molecule has 0 unspecified atom stereocenters. The molecule has 8 nitrogen and oxygen atoms in total. The van der Waals surface area contributed by atoms with Gasteiger partial charge >= 0.3 is 0 Å². The molecule has 0 aliphatic heterocycles. The highest BCUT2D eigenvalue weighted by molar-refractivity contribution is 5.85. The van der Waals surface area contributed by atoms with Crippen molar-refractivity contribution in [1.82, 2.24) is 29.4 Å². The number of rotatable bonds is 8. The number of amides is 1. The lowest BCUT2D eigenvalue weighted by molar-refractivity contribution is -0.130. The first-order chi connectivity index (χ1) is 13.8. The molecule has 0 spiro atoms. The molecule has 0 bridgehead atoms. The van der Waals surface area contributed by atoms with E-state index in [2.05, 4.69) is 21.2 Å². The number of aromatic nitrogens is 5. The Kier molecular flexibility index (Phi) is 8.14. The molecule has 3 aromatic rings. The van der Waals surface area contributed by atoms with Gasteiger partial charge in [-0.2, -0.15) is 10.2 Å². The zero-order valence-corrected chi connectivity index (χ0v) is 18.8. The van der Waals surface area contributed by atoms with Gasteiger partial charge in [-0.25, -0.2) is 9.67 Å². The van der Waals surface area contributed by atoms with Gasteiger partial charge in [-0.3, -0.25) is 9.48 Å². The van der Waals surface area contributed by atoms with Crippen molar-refractivity contribution < 1.29 is 4.79 Å². The second-order valence-electron chi connectivity index (χ2n) is 7.43. The third kappa shape index (κ3) is 5.67. The van der Waals surface area contributed by atoms with E-state index in [1.807, 2.05) is 62.8 Å². The molecule has 0 fully saturated rings. The zero-order chi connectivity index (χ0) is 21.0. The number of carbonyl (C=O) groups excluding carboxylic acids is 1. The van der Waals surface area contributed by atoms with Crippen LogP contribution in [0.25, 0.3) is 11.4 Å². The van der Waals surface area contributed by atoms with Crippen molar-refractivity contribution in [3.05, 3.63) is 53.6 Å². The molecule has 2 N–H and O–H groups in total. The van der Waals surface area contributed by atoms with Crippen molar-refractivity contribution >= 4 is 18.3 Å². The van der Waals surface area contributed by atoms with Crippen molar-refractivity contribution in [3.63, 3.8) is 0 Å². The number of hydrogen-bond donors (Lipinski definition) is 1. The molecule has 0 aliphatic carbocycles. The van der Waals surface area contributed by atoms with Gasteiger partial charge in [0.15, 0.2) is 5.82 Å². The number of nitrogens with zero attached hydrogens (tertiary/aromatic N) is 6. The van der Waals surface area contributed by atoms with Gasteiger partial charge in [0.1, 0.15) is 12.4 Å². The monoisotopic (exact) mass is 431 g/mol. The molecule has 3 rings (SSSR count). The van der Waals surface area contributed by atoms with Crippen LogP contribution in [0.15, 0.2) is 36.4 Å². The van der Waals surface area contributed by atoms with Gasteiger partial charge in [0, 0.05) is 31.4 Å². The van der Waals surface area contributed by atoms with E-state index < -0.39 is 0 Å². The Labute approximate surface area is 183 Å². The first-order valence-electron chi connectivity index (χ1n) is 9.86. The summed E-state index contributed by atoms with van der Waals surface area (Å²) in [6.07, 6.45) is 0.830. The molecular weight excluding hydrogens is 402 g/mol. The van der Waals surface area contributed by atoms with Crippen molar-refractivity contribution in [3.8, 4) is 11.4 Å². The van der Waals surface area contributed by atoms with Crippen LogP contribution in [0.3, 0.4) is 0 Å². The fraction of sp³-hybridized carbons (Fsp3) is 0.429. The van der Waals surface area contributed by atoms with Crippen LogP contribution in [0, 0.1) is 13.8 Å². The van der Waals surface area contributed by atoms with Gasteiger partial charge in [-0.15, -0.1) is 12.4 Å². The molecule has 162 valence electrons. The van der Waals surface area contributed by atoms with Gasteiger partial charge in [0.05, 0.1) is 11.7 Å². The van der Waals surface area contributed by atoms with Crippen LogP contribution < -0.4 is 5.73 Å². The number of benzene rings is 1. The molecule has 1 amide bonds. The second kappa shape index (κ2) is 10.4. The van der Waals surface area contributed by atoms with E-state index in [9.17, 15) is 4.79 Å². The quantitative estimate of drug-likeness (QED) is 0.591. The maximum Gasteiger partial charge on any atom is 0.244 e. The summed E-state index contributed by atoms with van der Waals surface area (Å²) in [6.45, 7) is 7.41. The Hall–Kier alpha value is -2.71. The third-order valence-corrected chi connectivity index (χ3v) is 4.82. The maximum atomic E-state index is 12.7. The number of likely N-dealkylation sites (N-methyl/N-ethyl adjacent to an activating group) is 1. The first-order valence-corrected chi connectivity index (χ1v) is 9.86. The van der Waals surface area contributed by atoms with E-state index in [1.165, 1.54) is 0 Å². The minimum atomic E-state index is -0.316. The van der Waals surface area contributed by atoms with Crippen LogP contribution in [-0.4, -0.2) is 48.9 Å². The van der Waals surface area contributed by atoms with Gasteiger partial charge in [-0.05, 0) is 33.3 Å². The number of aryl methyl sites for hydroxylation is 3. The fourth-order valence-electron chi connectivity index (χ4n) is 3.25. The van der Waals surface area contributed by atoms with Gasteiger partial charge in [-0.1, -0.05) is 30.3 Å². The zero-order valence-electron chi connectivity index (χ0n) is 17.9. The van der Waals surface area contributed by atoms with Crippen LogP contribution in [0.4, 0.5) is 0 Å². The average Bonchev–Trinajstić information content (AvgIpc) is 3.25. The second-order valence-corrected chi connectivity index (χ2v) is 7.43. The first kappa shape index (κ1) is 23.6. The molecule has 2 aromatic heterocycles. The highest BCUT2D eigenvalue weighted by atomic mass is 35.5. The van der Waals surface area contributed by atoms with Gasteiger partial charge in [0.2, 0.25) is 5.91 Å². The SMILES string of the molecule is Cc1cc(C)n(CCCN(C)C(=O)Cn2nc(-c3ccccc3)nc2[C@H](C)N)n1.Cl. The number of carbonyl (C=O) groups is 1. The molecule has 0 aliphatic rings. The highest BCUT2D eigenvalue weighted by Crippen LogP contribution is 2.18. The standard InChI is InChI=1S/C21H29N7O.ClH/c1-15-13-16(2)27(24-15)12-8-11-26(4)19(29)14-28-21(17(3)22)23-20(25-28)18-9-6-5-7-10-18;/h5-7,9-10,13,17H,8,11-12,14,22H2,1-4H3;1H/t17-;/m0./s1. The lowest BCUT2D eigenvalue weighted by atomic mass is 10.2. The van der Waals surface area contributed by atoms with Crippen LogP contribution in [0.1, 0.15) is 36.6 Å². The smallest absolute Gasteiger partial charge is 0.244 e. The largest absolute Gasteiger partial charge is 0.344 e. The van der Waals surface area contributed by atoms with Crippen molar-refractivity contribution in [2.45, 2.75) is 46.3 Å². The minimum Gasteiger partial charge on any atom is -0.344 e. The van der Waals surface area contributed by atoms with E-state index in [1.54, 1.807) is 9.58 Å². The predicted molar refractivity (Wildman–Crippen MR) is 119 cm³/mol. The topological polar surface area (TPSA) is 94.9 Å². The summed E-state index contributed by atoms with van der Waals surface area (Å²) in [6, 6.07) is 11.4. The number of halogens is 1. The molecule has 30 heavy (non-hydrogen) atoms. The Morgan fingerprint density at radius 1 is 1.17 bits per heavy atom. The average molecular weight is 432 g/mol. The predicted octanol–water partition coefficient (Wildman–Crippen LogP) is 2.75. The van der Waals surface area contributed by atoms with E-state index in [4.69, 9.17) is 5.73 Å². The molecule has 1 aromatic carbocycles. The van der Waals surface area contributed by atoms with Gasteiger partial charge in [0.25, 0.3) is 0 Å². The van der Waals surface area contributed by atoms with E-state index in [-0.39, 0.29) is 30.9 Å². The summed E-state index contributed by atoms with van der Waals surface area (Å²) < 4.78 is 3.60. The summed E-state index contributed by atoms with van der Waals surface area (Å²) in [4.78, 5) is 19.0. The number of hydrogen-bond acceptors (Lipinski definition) is 5. The minimum absolute atomic E-state index is 0. The van der Waals surface area contributed by atoms with Gasteiger partial charge < -0.3 is 10.6 Å². The lowest BCUT2D eigenvalue weighted by Crippen LogP contribution is -2.33. The van der Waals surface area contributed by atoms with Crippen LogP contribution >= 0.6 is 12.4 Å². The summed E-state index contributed by atoms with van der Waals surface area (Å²) in [5, 5.41) is 8.99. The molecule has 0 saturated carbocycles. The Balaban J connectivity index is 0.00000320. The molecule has 0 saturated heterocycles. The summed E-state index contributed by atoms with van der Waals surface area (Å²) in [7, 11) is 1.81. The van der Waals surface area contributed by atoms with Crippen LogP contribution in [0.5, 0.6) is 0 Å². The van der Waals surface area contributed by atoms with E-state index >= 15 is 0 Å². The van der Waals surface area contributed by atoms with E-state index in [0.717, 1.165) is 29.9 Å². The molecule has 1 atom stereocenters. The fourth-order valence-corrected chi connectivity index (χ4v) is 3.25. The Morgan fingerprint density at radius 3 is 2.47 bits per heavy atom. The van der Waals surface area contributed by atoms with Crippen molar-refractivity contribution in [2.24, 2.45) is 5.73 Å². The molecular formula is C21H30ClN7O. The maximum absolute atomic E-state index is 12.7. The molecule has 0 radical (unpaired) electrons. The normalized spacial score (nSPS) is 11.8. The Morgan fingerprint density at radius 2 is 1.87 bits per heavy atom. The Bertz CT molecular complexity index is 965. The van der Waals surface area contributed by atoms with Crippen molar-refractivity contribution in [2.75, 3.05) is 13.6 Å². The number of nitrogens with two attached hydrogens (primary N) is 1. The molecule has 9 heteroatoms. The lowest BCUT2D eigenvalue weighted by Gasteiger charge is -2.18. The highest BCUT2D eigenvalue weighted by Gasteiger charge is 2.18. The van der Waals surface area contributed by atoms with Crippen LogP contribution in [0.2, 0.25) is 0 Å². The van der Waals surface area contributed by atoms with Crippen LogP contribution in [-0.2, 0) is 17.9 Å². The molecule has 2 heterocycles. The van der Waals surface area contributed by atoms with Crippen molar-refractivity contribution in [1.29, 1.82) is 0 Å². The van der Waals surface area contributed by atoms with E-state index in [0.29, 0.717) is 18.2 Å².